The first kappa shape index (κ1) is 16.1. The van der Waals surface area contributed by atoms with Crippen molar-refractivity contribution in [3.8, 4) is 11.5 Å². The Balaban J connectivity index is 2.31. The van der Waals surface area contributed by atoms with Crippen LogP contribution in [0.1, 0.15) is 37.0 Å². The molecule has 1 aromatic carbocycles. The molecule has 2 rings (SSSR count). The maximum absolute atomic E-state index is 12.7. The van der Waals surface area contributed by atoms with Crippen LogP contribution in [-0.4, -0.2) is 32.1 Å². The van der Waals surface area contributed by atoms with Gasteiger partial charge in [-0.25, -0.2) is 0 Å². The van der Waals surface area contributed by atoms with Gasteiger partial charge in [0.15, 0.2) is 5.78 Å². The van der Waals surface area contributed by atoms with Crippen molar-refractivity contribution in [3.63, 3.8) is 0 Å². The Kier molecular flexibility index (Phi) is 5.88. The van der Waals surface area contributed by atoms with Crippen molar-refractivity contribution < 1.29 is 14.3 Å². The summed E-state index contributed by atoms with van der Waals surface area (Å²) in [5.41, 5.74) is 0.555. The lowest BCUT2D eigenvalue weighted by Gasteiger charge is -2.23. The fourth-order valence-electron chi connectivity index (χ4n) is 2.56. The molecule has 1 fully saturated rings. The molecular weight excluding hydrogens is 290 g/mol. The van der Waals surface area contributed by atoms with E-state index in [-0.39, 0.29) is 11.7 Å². The van der Waals surface area contributed by atoms with Crippen LogP contribution < -0.4 is 14.8 Å². The topological polar surface area (TPSA) is 47.6 Å². The van der Waals surface area contributed by atoms with Gasteiger partial charge in [0.05, 0.1) is 23.8 Å². The van der Waals surface area contributed by atoms with Crippen LogP contribution in [0.25, 0.3) is 0 Å². The van der Waals surface area contributed by atoms with Crippen LogP contribution >= 0.6 is 11.6 Å². The van der Waals surface area contributed by atoms with E-state index in [2.05, 4.69) is 5.32 Å². The molecule has 0 aliphatic carbocycles. The van der Waals surface area contributed by atoms with E-state index >= 15 is 0 Å². The first-order valence-electron chi connectivity index (χ1n) is 7.51. The molecular formula is C16H22ClNO3. The van der Waals surface area contributed by atoms with Crippen molar-refractivity contribution >= 4 is 17.4 Å². The second-order valence-corrected chi connectivity index (χ2v) is 5.46. The second kappa shape index (κ2) is 7.66. The number of carbonyl (C=O) groups is 1. The molecule has 1 aromatic rings. The van der Waals surface area contributed by atoms with E-state index in [1.807, 2.05) is 13.8 Å². The molecule has 116 valence electrons. The molecule has 1 aliphatic heterocycles. The highest BCUT2D eigenvalue weighted by atomic mass is 35.5. The van der Waals surface area contributed by atoms with Crippen LogP contribution in [0.2, 0.25) is 5.02 Å². The Labute approximate surface area is 130 Å². The number of ether oxygens (including phenoxy) is 2. The van der Waals surface area contributed by atoms with Crippen LogP contribution in [0.4, 0.5) is 0 Å². The smallest absolute Gasteiger partial charge is 0.170 e. The van der Waals surface area contributed by atoms with Crippen LogP contribution in [0.3, 0.4) is 0 Å². The van der Waals surface area contributed by atoms with Gasteiger partial charge < -0.3 is 14.8 Å². The molecule has 0 amide bonds. The number of hydrogen-bond donors (Lipinski definition) is 1. The number of Topliss-reactive ketones (excluding diaryl/α,β-unsaturated/α-hetero) is 1. The highest BCUT2D eigenvalue weighted by Crippen LogP contribution is 2.35. The lowest BCUT2D eigenvalue weighted by molar-refractivity contribution is 0.0895. The zero-order chi connectivity index (χ0) is 15.2. The fourth-order valence-corrected chi connectivity index (χ4v) is 2.78. The predicted octanol–water partition coefficient (Wildman–Crippen LogP) is 3.32. The maximum Gasteiger partial charge on any atom is 0.170 e. The zero-order valence-electron chi connectivity index (χ0n) is 12.6. The third kappa shape index (κ3) is 3.89. The van der Waals surface area contributed by atoms with Crippen molar-refractivity contribution in [2.24, 2.45) is 5.92 Å². The standard InChI is InChI=1S/C16H22ClNO3/c1-3-20-14-9-15(21-4-2)13(17)8-12(14)16(19)11-6-5-7-18-10-11/h8-9,11,18H,3-7,10H2,1-2H3. The summed E-state index contributed by atoms with van der Waals surface area (Å²) in [6.45, 7) is 6.50. The van der Waals surface area contributed by atoms with E-state index in [0.29, 0.717) is 35.3 Å². The first-order valence-corrected chi connectivity index (χ1v) is 7.89. The highest BCUT2D eigenvalue weighted by Gasteiger charge is 2.26. The van der Waals surface area contributed by atoms with Crippen LogP contribution in [0.5, 0.6) is 11.5 Å². The van der Waals surface area contributed by atoms with Crippen molar-refractivity contribution in [1.29, 1.82) is 0 Å². The molecule has 1 saturated heterocycles. The lowest BCUT2D eigenvalue weighted by atomic mass is 9.90. The molecule has 21 heavy (non-hydrogen) atoms. The van der Waals surface area contributed by atoms with E-state index in [4.69, 9.17) is 21.1 Å². The number of hydrogen-bond acceptors (Lipinski definition) is 4. The summed E-state index contributed by atoms with van der Waals surface area (Å²) in [6.07, 6.45) is 1.92. The summed E-state index contributed by atoms with van der Waals surface area (Å²) in [6, 6.07) is 3.40. The number of rotatable bonds is 6. The van der Waals surface area contributed by atoms with Gasteiger partial charge in [0.25, 0.3) is 0 Å². The fraction of sp³-hybridized carbons (Fsp3) is 0.562. The van der Waals surface area contributed by atoms with E-state index in [1.54, 1.807) is 12.1 Å². The monoisotopic (exact) mass is 311 g/mol. The van der Waals surface area contributed by atoms with Gasteiger partial charge in [-0.05, 0) is 39.3 Å². The molecule has 1 unspecified atom stereocenters. The van der Waals surface area contributed by atoms with E-state index in [9.17, 15) is 4.79 Å². The zero-order valence-corrected chi connectivity index (χ0v) is 13.3. The molecule has 5 heteroatoms. The number of piperidine rings is 1. The number of benzene rings is 1. The Morgan fingerprint density at radius 2 is 2.00 bits per heavy atom. The minimum absolute atomic E-state index is 0.00744. The minimum Gasteiger partial charge on any atom is -0.493 e. The maximum atomic E-state index is 12.7. The van der Waals surface area contributed by atoms with Gasteiger partial charge in [-0.1, -0.05) is 11.6 Å². The summed E-state index contributed by atoms with van der Waals surface area (Å²) < 4.78 is 11.1. The lowest BCUT2D eigenvalue weighted by Crippen LogP contribution is -2.34. The van der Waals surface area contributed by atoms with Crippen LogP contribution in [0, 0.1) is 5.92 Å². The number of nitrogens with one attached hydrogen (secondary N) is 1. The largest absolute Gasteiger partial charge is 0.493 e. The Hall–Kier alpha value is -1.26. The SMILES string of the molecule is CCOc1cc(OCC)c(C(=O)C2CCCNC2)cc1Cl. The van der Waals surface area contributed by atoms with Crippen molar-refractivity contribution in [2.75, 3.05) is 26.3 Å². The summed E-state index contributed by atoms with van der Waals surface area (Å²) in [5.74, 6) is 1.20. The molecule has 1 aliphatic rings. The van der Waals surface area contributed by atoms with Crippen molar-refractivity contribution in [3.05, 3.63) is 22.7 Å². The first-order chi connectivity index (χ1) is 10.2. The number of halogens is 1. The molecule has 1 atom stereocenters. The molecule has 4 nitrogen and oxygen atoms in total. The molecule has 0 aromatic heterocycles. The predicted molar refractivity (Wildman–Crippen MR) is 83.7 cm³/mol. The van der Waals surface area contributed by atoms with Gasteiger partial charge in [0, 0.05) is 18.5 Å². The van der Waals surface area contributed by atoms with E-state index in [0.717, 1.165) is 25.9 Å². The highest BCUT2D eigenvalue weighted by molar-refractivity contribution is 6.32. The van der Waals surface area contributed by atoms with Gasteiger partial charge in [-0.3, -0.25) is 4.79 Å². The average Bonchev–Trinajstić information content (AvgIpc) is 2.51. The van der Waals surface area contributed by atoms with Crippen molar-refractivity contribution in [1.82, 2.24) is 5.32 Å². The molecule has 1 heterocycles. The van der Waals surface area contributed by atoms with Gasteiger partial charge in [0.2, 0.25) is 0 Å². The van der Waals surface area contributed by atoms with Crippen molar-refractivity contribution in [2.45, 2.75) is 26.7 Å². The van der Waals surface area contributed by atoms with Gasteiger partial charge in [0.1, 0.15) is 11.5 Å². The third-order valence-electron chi connectivity index (χ3n) is 3.57. The molecule has 0 bridgehead atoms. The van der Waals surface area contributed by atoms with Gasteiger partial charge in [-0.15, -0.1) is 0 Å². The summed E-state index contributed by atoms with van der Waals surface area (Å²) >= 11 is 6.21. The van der Waals surface area contributed by atoms with Gasteiger partial charge in [-0.2, -0.15) is 0 Å². The average molecular weight is 312 g/mol. The Bertz CT molecular complexity index is 499. The normalized spacial score (nSPS) is 18.3. The van der Waals surface area contributed by atoms with Crippen LogP contribution in [-0.2, 0) is 0 Å². The third-order valence-corrected chi connectivity index (χ3v) is 3.86. The molecule has 0 saturated carbocycles. The Morgan fingerprint density at radius 1 is 1.29 bits per heavy atom. The van der Waals surface area contributed by atoms with E-state index < -0.39 is 0 Å². The van der Waals surface area contributed by atoms with Crippen LogP contribution in [0.15, 0.2) is 12.1 Å². The van der Waals surface area contributed by atoms with Gasteiger partial charge >= 0.3 is 0 Å². The quantitative estimate of drug-likeness (QED) is 0.819. The molecule has 0 radical (unpaired) electrons. The summed E-state index contributed by atoms with van der Waals surface area (Å²) in [7, 11) is 0. The Morgan fingerprint density at radius 3 is 2.62 bits per heavy atom. The molecule has 1 N–H and O–H groups in total. The molecule has 0 spiro atoms. The minimum atomic E-state index is -0.00744. The number of ketones is 1. The number of carbonyl (C=O) groups excluding carboxylic acids is 1. The summed E-state index contributed by atoms with van der Waals surface area (Å²) in [5, 5.41) is 3.72. The summed E-state index contributed by atoms with van der Waals surface area (Å²) in [4.78, 5) is 12.7. The van der Waals surface area contributed by atoms with E-state index in [1.165, 1.54) is 0 Å². The second-order valence-electron chi connectivity index (χ2n) is 5.05.